The SMILES string of the molecule is Oc1ccccc1-c1cccc(-c2cccc(Nc3ccccc3-c3c(O)cccc3-c3ccc(-c4cc5c(c6c4C=CCC6)C=CCC5)cc3)c2)c1. The molecule has 3 N–H and O–H groups in total. The molecule has 0 amide bonds. The van der Waals surface area contributed by atoms with Crippen molar-refractivity contribution in [1.29, 1.82) is 0 Å². The van der Waals surface area contributed by atoms with Crippen LogP contribution in [0.1, 0.15) is 35.1 Å². The van der Waals surface area contributed by atoms with Gasteiger partial charge < -0.3 is 15.5 Å². The second-order valence-electron chi connectivity index (χ2n) is 13.9. The number of phenols is 2. The lowest BCUT2D eigenvalue weighted by atomic mass is 9.81. The molecule has 256 valence electrons. The molecule has 0 fully saturated rings. The number of hydrogen-bond donors (Lipinski definition) is 3. The number of para-hydroxylation sites is 2. The van der Waals surface area contributed by atoms with Crippen molar-refractivity contribution in [3.8, 4) is 67.1 Å². The standard InChI is InChI=1S/C50H39NO2/c52-48-24-8-6-18-41(48)37-15-9-13-35(30-37)36-14-10-16-39(31-36)51-47-23-7-5-21-45(47)50-42(22-11-25-49(50)53)33-26-28-34(29-27-33)46-32-38-12-1-2-17-40(38)43-19-3-4-20-44(43)46/h2,4-11,13-18,20-32,51-53H,1,3,12,19H2. The van der Waals surface area contributed by atoms with Gasteiger partial charge in [0.25, 0.3) is 0 Å². The molecule has 7 aromatic rings. The Morgan fingerprint density at radius 3 is 1.89 bits per heavy atom. The van der Waals surface area contributed by atoms with Crippen LogP contribution in [-0.4, -0.2) is 10.2 Å². The van der Waals surface area contributed by atoms with Gasteiger partial charge in [-0.3, -0.25) is 0 Å². The van der Waals surface area contributed by atoms with Gasteiger partial charge in [0.1, 0.15) is 11.5 Å². The number of allylic oxidation sites excluding steroid dienone is 2. The minimum Gasteiger partial charge on any atom is -0.507 e. The van der Waals surface area contributed by atoms with Crippen LogP contribution in [0.4, 0.5) is 11.4 Å². The number of hydrogen-bond acceptors (Lipinski definition) is 3. The first-order chi connectivity index (χ1) is 26.1. The van der Waals surface area contributed by atoms with Gasteiger partial charge in [0.05, 0.1) is 0 Å². The highest BCUT2D eigenvalue weighted by molar-refractivity contribution is 5.94. The molecule has 0 spiro atoms. The van der Waals surface area contributed by atoms with Crippen molar-refractivity contribution in [2.45, 2.75) is 25.7 Å². The van der Waals surface area contributed by atoms with E-state index in [1.165, 1.54) is 33.4 Å². The van der Waals surface area contributed by atoms with Crippen LogP contribution < -0.4 is 5.32 Å². The number of rotatable bonds is 7. The first kappa shape index (κ1) is 32.3. The normalized spacial score (nSPS) is 13.0. The van der Waals surface area contributed by atoms with Crippen LogP contribution in [0.3, 0.4) is 0 Å². The molecule has 0 unspecified atom stereocenters. The molecule has 3 nitrogen and oxygen atoms in total. The van der Waals surface area contributed by atoms with Crippen LogP contribution in [0.5, 0.6) is 11.5 Å². The Bertz CT molecular complexity index is 2560. The van der Waals surface area contributed by atoms with Gasteiger partial charge in [-0.25, -0.2) is 0 Å². The van der Waals surface area contributed by atoms with Crippen molar-refractivity contribution < 1.29 is 10.2 Å². The lowest BCUT2D eigenvalue weighted by Crippen LogP contribution is -2.06. The molecule has 2 aliphatic rings. The molecule has 0 atom stereocenters. The largest absolute Gasteiger partial charge is 0.507 e. The van der Waals surface area contributed by atoms with E-state index >= 15 is 0 Å². The van der Waals surface area contributed by atoms with E-state index in [4.69, 9.17) is 0 Å². The van der Waals surface area contributed by atoms with Crippen LogP contribution in [0, 0.1) is 0 Å². The second-order valence-corrected chi connectivity index (χ2v) is 13.9. The maximum absolute atomic E-state index is 11.4. The molecule has 0 radical (unpaired) electrons. The average molecular weight is 686 g/mol. The minimum absolute atomic E-state index is 0.234. The van der Waals surface area contributed by atoms with Crippen molar-refractivity contribution in [2.24, 2.45) is 0 Å². The van der Waals surface area contributed by atoms with Gasteiger partial charge >= 0.3 is 0 Å². The molecule has 0 aliphatic heterocycles. The molecule has 0 bridgehead atoms. The Balaban J connectivity index is 1.05. The number of benzene rings is 7. The molecule has 2 aliphatic carbocycles. The first-order valence-corrected chi connectivity index (χ1v) is 18.4. The number of phenolic OH excluding ortho intramolecular Hbond substituents is 2. The highest BCUT2D eigenvalue weighted by atomic mass is 16.3. The molecule has 53 heavy (non-hydrogen) atoms. The number of anilines is 2. The number of aromatic hydroxyl groups is 2. The summed E-state index contributed by atoms with van der Waals surface area (Å²) in [6.07, 6.45) is 13.6. The zero-order valence-electron chi connectivity index (χ0n) is 29.4. The monoisotopic (exact) mass is 685 g/mol. The van der Waals surface area contributed by atoms with Gasteiger partial charge in [-0.2, -0.15) is 0 Å². The molecule has 7 aromatic carbocycles. The van der Waals surface area contributed by atoms with E-state index in [-0.39, 0.29) is 11.5 Å². The second kappa shape index (κ2) is 13.9. The number of fused-ring (bicyclic) bond motifs is 3. The predicted octanol–water partition coefficient (Wildman–Crippen LogP) is 13.1. The number of nitrogens with one attached hydrogen (secondary N) is 1. The van der Waals surface area contributed by atoms with Crippen molar-refractivity contribution >= 4 is 23.5 Å². The van der Waals surface area contributed by atoms with Crippen LogP contribution in [0.2, 0.25) is 0 Å². The van der Waals surface area contributed by atoms with E-state index in [1.807, 2.05) is 54.6 Å². The summed E-state index contributed by atoms with van der Waals surface area (Å²) >= 11 is 0. The van der Waals surface area contributed by atoms with Gasteiger partial charge in [0.2, 0.25) is 0 Å². The summed E-state index contributed by atoms with van der Waals surface area (Å²) in [5, 5.41) is 25.6. The summed E-state index contributed by atoms with van der Waals surface area (Å²) < 4.78 is 0. The smallest absolute Gasteiger partial charge is 0.124 e. The number of aryl methyl sites for hydroxylation is 1. The summed E-state index contributed by atoms with van der Waals surface area (Å²) in [5.41, 5.74) is 17.6. The average Bonchev–Trinajstić information content (AvgIpc) is 3.21. The Hall–Kier alpha value is -6.58. The van der Waals surface area contributed by atoms with Gasteiger partial charge in [0.15, 0.2) is 0 Å². The van der Waals surface area contributed by atoms with Crippen molar-refractivity contribution in [1.82, 2.24) is 0 Å². The van der Waals surface area contributed by atoms with Crippen LogP contribution in [-0.2, 0) is 12.8 Å². The highest BCUT2D eigenvalue weighted by Crippen LogP contribution is 2.44. The van der Waals surface area contributed by atoms with Gasteiger partial charge in [-0.15, -0.1) is 0 Å². The van der Waals surface area contributed by atoms with Gasteiger partial charge in [-0.05, 0) is 129 Å². The lowest BCUT2D eigenvalue weighted by Gasteiger charge is -2.23. The Morgan fingerprint density at radius 1 is 0.434 bits per heavy atom. The molecular formula is C50H39NO2. The molecule has 9 rings (SSSR count). The van der Waals surface area contributed by atoms with Crippen LogP contribution >= 0.6 is 0 Å². The van der Waals surface area contributed by atoms with Crippen molar-refractivity contribution in [2.75, 3.05) is 5.32 Å². The first-order valence-electron chi connectivity index (χ1n) is 18.4. The summed E-state index contributed by atoms with van der Waals surface area (Å²) in [4.78, 5) is 0. The molecule has 0 aromatic heterocycles. The van der Waals surface area contributed by atoms with E-state index in [2.05, 4.69) is 108 Å². The fourth-order valence-corrected chi connectivity index (χ4v) is 8.03. The van der Waals surface area contributed by atoms with E-state index in [9.17, 15) is 10.2 Å². The van der Waals surface area contributed by atoms with E-state index in [0.29, 0.717) is 0 Å². The third kappa shape index (κ3) is 6.21. The lowest BCUT2D eigenvalue weighted by molar-refractivity contribution is 0.477. The molecular weight excluding hydrogens is 647 g/mol. The molecule has 0 heterocycles. The quantitative estimate of drug-likeness (QED) is 0.157. The third-order valence-electron chi connectivity index (χ3n) is 10.6. The molecule has 0 saturated carbocycles. The highest BCUT2D eigenvalue weighted by Gasteiger charge is 2.20. The predicted molar refractivity (Wildman–Crippen MR) is 221 cm³/mol. The van der Waals surface area contributed by atoms with Crippen LogP contribution in [0.15, 0.2) is 158 Å². The fraction of sp³-hybridized carbons (Fsp3) is 0.0800. The Morgan fingerprint density at radius 2 is 1.06 bits per heavy atom. The van der Waals surface area contributed by atoms with Gasteiger partial charge in [0, 0.05) is 28.1 Å². The maximum Gasteiger partial charge on any atom is 0.124 e. The van der Waals surface area contributed by atoms with Crippen molar-refractivity contribution in [3.05, 3.63) is 180 Å². The Labute approximate surface area is 310 Å². The summed E-state index contributed by atoms with van der Waals surface area (Å²) in [5.74, 6) is 0.497. The maximum atomic E-state index is 11.4. The van der Waals surface area contributed by atoms with E-state index in [1.54, 1.807) is 12.1 Å². The third-order valence-corrected chi connectivity index (χ3v) is 10.6. The summed E-state index contributed by atoms with van der Waals surface area (Å²) in [7, 11) is 0. The van der Waals surface area contributed by atoms with E-state index < -0.39 is 0 Å². The van der Waals surface area contributed by atoms with E-state index in [0.717, 1.165) is 81.6 Å². The topological polar surface area (TPSA) is 52.5 Å². The Kier molecular flexibility index (Phi) is 8.45. The fourth-order valence-electron chi connectivity index (χ4n) is 8.03. The molecule has 0 saturated heterocycles. The summed E-state index contributed by atoms with van der Waals surface area (Å²) in [6, 6.07) is 49.2. The zero-order valence-corrected chi connectivity index (χ0v) is 29.4. The van der Waals surface area contributed by atoms with Crippen LogP contribution in [0.25, 0.3) is 67.8 Å². The zero-order chi connectivity index (χ0) is 35.7. The minimum atomic E-state index is 0.234. The molecule has 3 heteroatoms. The van der Waals surface area contributed by atoms with Crippen molar-refractivity contribution in [3.63, 3.8) is 0 Å². The van der Waals surface area contributed by atoms with Gasteiger partial charge in [-0.1, -0.05) is 127 Å². The summed E-state index contributed by atoms with van der Waals surface area (Å²) in [6.45, 7) is 0.